The van der Waals surface area contributed by atoms with Gasteiger partial charge in [0.1, 0.15) is 5.84 Å². The summed E-state index contributed by atoms with van der Waals surface area (Å²) in [7, 11) is -5.53. The van der Waals surface area contributed by atoms with Crippen molar-refractivity contribution in [1.82, 2.24) is 19.9 Å². The molecule has 0 saturated heterocycles. The Labute approximate surface area is 345 Å². The van der Waals surface area contributed by atoms with Crippen molar-refractivity contribution in [2.45, 2.75) is 47.8 Å². The van der Waals surface area contributed by atoms with E-state index in [1.165, 1.54) is 34.9 Å². The molecule has 0 saturated carbocycles. The summed E-state index contributed by atoms with van der Waals surface area (Å²) in [6.07, 6.45) is 1.27. The average molecular weight is 929 g/mol. The molecular weight excluding hydrogens is 891 g/mol. The topological polar surface area (TPSA) is 248 Å². The number of nitrogens with two attached hydrogens (primary N) is 3. The number of thiazole rings is 4. The minimum absolute atomic E-state index is 0. The number of halogens is 4. The van der Waals surface area contributed by atoms with Crippen molar-refractivity contribution in [3.8, 4) is 6.07 Å². The first-order valence-corrected chi connectivity index (χ1v) is 23.9. The lowest BCUT2D eigenvalue weighted by Crippen LogP contribution is -2.25. The number of nitrogens with zero attached hydrogens (tertiary/aromatic N) is 6. The fourth-order valence-electron chi connectivity index (χ4n) is 2.65. The molecule has 0 bridgehead atoms. The number of thioether (sulfide) groups is 4. The molecule has 4 rings (SSSR count). The summed E-state index contributed by atoms with van der Waals surface area (Å²) < 4.78 is 59.9. The second-order valence-corrected chi connectivity index (χ2v) is 18.0. The van der Waals surface area contributed by atoms with E-state index in [0.717, 1.165) is 45.8 Å². The zero-order chi connectivity index (χ0) is 38.7. The van der Waals surface area contributed by atoms with E-state index in [0.29, 0.717) is 30.1 Å². The number of hydrogen-bond donors (Lipinski definition) is 5. The maximum absolute atomic E-state index is 12.0. The van der Waals surface area contributed by atoms with Crippen molar-refractivity contribution in [2.75, 3.05) is 17.3 Å². The molecule has 8 N–H and O–H groups in total. The number of nitrogens with one attached hydrogen (secondary N) is 2. The lowest BCUT2D eigenvalue weighted by Gasteiger charge is -2.04. The molecule has 0 aromatic carbocycles. The quantitative estimate of drug-likeness (QED) is 0.0388. The van der Waals surface area contributed by atoms with E-state index in [4.69, 9.17) is 33.3 Å². The Morgan fingerprint density at radius 2 is 1.15 bits per heavy atom. The fourth-order valence-corrected chi connectivity index (χ4v) is 8.75. The Balaban J connectivity index is 0.000000700. The fraction of sp³-hybridized carbons (Fsp3) is 0.407. The van der Waals surface area contributed by atoms with E-state index in [1.807, 2.05) is 32.5 Å². The van der Waals surface area contributed by atoms with Crippen LogP contribution in [0.2, 0.25) is 0 Å². The van der Waals surface area contributed by atoms with Crippen molar-refractivity contribution in [3.63, 3.8) is 0 Å². The highest BCUT2D eigenvalue weighted by molar-refractivity contribution is 8.13. The number of alkyl halides is 3. The zero-order valence-corrected chi connectivity index (χ0v) is 35.8. The average Bonchev–Trinajstić information content (AvgIpc) is 3.92. The minimum atomic E-state index is -5.53. The monoisotopic (exact) mass is 927 g/mol. The molecule has 4 heterocycles. The molecule has 294 valence electrons. The van der Waals surface area contributed by atoms with Gasteiger partial charge in [-0.05, 0) is 0 Å². The summed E-state index contributed by atoms with van der Waals surface area (Å²) in [4.78, 5) is 16.3. The summed E-state index contributed by atoms with van der Waals surface area (Å²) in [6.45, 7) is 0. The normalized spacial score (nSPS) is 10.9. The van der Waals surface area contributed by atoms with Crippen LogP contribution in [0.1, 0.15) is 42.0 Å². The number of amidine groups is 3. The van der Waals surface area contributed by atoms with E-state index < -0.39 is 21.4 Å². The van der Waals surface area contributed by atoms with Crippen LogP contribution in [-0.4, -0.2) is 68.0 Å². The SMILES string of the molecule is Cl.N#CCCSCc1cscn1.N=C(N)CCSCc1cscn1.N=C(N)SCc1cscn1.NC(CCSCc1cscn1)=NS(=O)(=O)C(F)(F)F. The molecule has 0 fully saturated rings. The summed E-state index contributed by atoms with van der Waals surface area (Å²) in [6, 6.07) is 2.11. The summed E-state index contributed by atoms with van der Waals surface area (Å²) in [5.74, 6) is 5.05. The lowest BCUT2D eigenvalue weighted by molar-refractivity contribution is -0.0435. The highest BCUT2D eigenvalue weighted by Crippen LogP contribution is 2.25. The smallest absolute Gasteiger partial charge is 0.388 e. The molecule has 0 spiro atoms. The molecule has 0 radical (unpaired) electrons. The molecule has 0 aliphatic carbocycles. The van der Waals surface area contributed by atoms with E-state index >= 15 is 0 Å². The molecule has 0 aliphatic heterocycles. The lowest BCUT2D eigenvalue weighted by atomic mass is 10.5. The third-order valence-corrected chi connectivity index (χ3v) is 12.3. The molecule has 0 amide bonds. The van der Waals surface area contributed by atoms with Crippen LogP contribution >= 0.6 is 105 Å². The highest BCUT2D eigenvalue weighted by Gasteiger charge is 2.46. The predicted molar refractivity (Wildman–Crippen MR) is 225 cm³/mol. The van der Waals surface area contributed by atoms with E-state index in [1.54, 1.807) is 68.6 Å². The van der Waals surface area contributed by atoms with Gasteiger partial charge in [-0.1, -0.05) is 11.8 Å². The van der Waals surface area contributed by atoms with Crippen LogP contribution in [0, 0.1) is 22.1 Å². The van der Waals surface area contributed by atoms with E-state index in [-0.39, 0.29) is 29.8 Å². The predicted octanol–water partition coefficient (Wildman–Crippen LogP) is 7.66. The van der Waals surface area contributed by atoms with Gasteiger partial charge in [0, 0.05) is 81.1 Å². The zero-order valence-electron chi connectivity index (χ0n) is 27.6. The Bertz CT molecular complexity index is 1690. The van der Waals surface area contributed by atoms with Crippen molar-refractivity contribution in [3.05, 3.63) is 66.3 Å². The summed E-state index contributed by atoms with van der Waals surface area (Å²) in [5, 5.41) is 30.2. The molecule has 4 aromatic rings. The Hall–Kier alpha value is -2.15. The summed E-state index contributed by atoms with van der Waals surface area (Å²) in [5.41, 5.74) is 21.3. The van der Waals surface area contributed by atoms with Crippen LogP contribution in [0.4, 0.5) is 13.2 Å². The molecule has 26 heteroatoms. The molecular formula is C27H37ClF3N11O2S9. The first kappa shape index (κ1) is 50.9. The van der Waals surface area contributed by atoms with Gasteiger partial charge < -0.3 is 17.2 Å². The van der Waals surface area contributed by atoms with Crippen LogP contribution < -0.4 is 17.2 Å². The van der Waals surface area contributed by atoms with Crippen LogP contribution in [0.25, 0.3) is 0 Å². The molecule has 0 aliphatic rings. The molecule has 4 aromatic heterocycles. The van der Waals surface area contributed by atoms with Gasteiger partial charge in [0.15, 0.2) is 5.17 Å². The second kappa shape index (κ2) is 30.1. The maximum Gasteiger partial charge on any atom is 0.518 e. The van der Waals surface area contributed by atoms with E-state index in [2.05, 4.69) is 30.4 Å². The van der Waals surface area contributed by atoms with Crippen molar-refractivity contribution >= 4 is 132 Å². The third kappa shape index (κ3) is 27.1. The number of sulfonamides is 1. The van der Waals surface area contributed by atoms with Crippen molar-refractivity contribution in [2.24, 2.45) is 21.6 Å². The van der Waals surface area contributed by atoms with Crippen molar-refractivity contribution in [1.29, 1.82) is 16.1 Å². The molecule has 13 nitrogen and oxygen atoms in total. The minimum Gasteiger partial charge on any atom is -0.388 e. The van der Waals surface area contributed by atoms with Gasteiger partial charge in [0.2, 0.25) is 0 Å². The molecule has 0 unspecified atom stereocenters. The number of hydrogen-bond acceptors (Lipinski definition) is 17. The van der Waals surface area contributed by atoms with Crippen molar-refractivity contribution < 1.29 is 21.6 Å². The van der Waals surface area contributed by atoms with Gasteiger partial charge in [-0.15, -0.1) is 62.2 Å². The van der Waals surface area contributed by atoms with Crippen LogP contribution in [-0.2, 0) is 33.0 Å². The molecule has 53 heavy (non-hydrogen) atoms. The Kier molecular flexibility index (Phi) is 28.9. The second-order valence-electron chi connectivity index (χ2n) is 9.17. The number of nitriles is 1. The van der Waals surface area contributed by atoms with Crippen LogP contribution in [0.15, 0.2) is 48.0 Å². The maximum atomic E-state index is 12.0. The van der Waals surface area contributed by atoms with Gasteiger partial charge in [-0.3, -0.25) is 10.8 Å². The standard InChI is InChI=1S/C8H10F3N3O2S3.C7H11N3S2.C7H8N2S2.C5H7N3S2.ClH/c9-8(10,11)19(15,16)14-7(12)1-2-17-3-6-4-18-5-13-6;8-7(9)1-2-11-3-6-4-12-5-10-6;8-2-1-3-10-4-7-5-11-6-9-7;6-5(7)10-2-4-1-9-3-8-4;/h4-5H,1-3H2,(H2,12,14);4-5H,1-3H2,(H3,8,9);5-6H,1,3-4H2;1,3H,2H2,(H3,6,7);1H. The first-order chi connectivity index (χ1) is 24.7. The van der Waals surface area contributed by atoms with Gasteiger partial charge in [-0.2, -0.15) is 62.1 Å². The molecule has 0 atom stereocenters. The number of rotatable bonds is 17. The number of aromatic nitrogens is 4. The van der Waals surface area contributed by atoms with Gasteiger partial charge in [0.05, 0.1) is 56.7 Å². The van der Waals surface area contributed by atoms with Crippen LogP contribution in [0.3, 0.4) is 0 Å². The highest BCUT2D eigenvalue weighted by atomic mass is 35.5. The largest absolute Gasteiger partial charge is 0.518 e. The van der Waals surface area contributed by atoms with Crippen LogP contribution in [0.5, 0.6) is 0 Å². The Morgan fingerprint density at radius 3 is 1.49 bits per heavy atom. The van der Waals surface area contributed by atoms with Gasteiger partial charge in [-0.25, -0.2) is 19.9 Å². The van der Waals surface area contributed by atoms with E-state index in [9.17, 15) is 21.6 Å². The first-order valence-electron chi connectivity index (χ1n) is 14.3. The Morgan fingerprint density at radius 1 is 0.755 bits per heavy atom. The van der Waals surface area contributed by atoms with Gasteiger partial charge >= 0.3 is 15.5 Å². The van der Waals surface area contributed by atoms with Gasteiger partial charge in [0.25, 0.3) is 0 Å². The summed E-state index contributed by atoms with van der Waals surface area (Å²) >= 11 is 12.4. The third-order valence-electron chi connectivity index (χ3n) is 4.97.